The molecule has 1 unspecified atom stereocenters. The molecule has 2 aromatic heterocycles. The smallest absolute Gasteiger partial charge is 0.274 e. The van der Waals surface area contributed by atoms with Gasteiger partial charge in [-0.05, 0) is 44.7 Å². The van der Waals surface area contributed by atoms with Crippen LogP contribution in [0.5, 0.6) is 0 Å². The predicted octanol–water partition coefficient (Wildman–Crippen LogP) is 1.47. The highest BCUT2D eigenvalue weighted by Crippen LogP contribution is 2.38. The predicted molar refractivity (Wildman–Crippen MR) is 92.5 cm³/mol. The molecule has 0 N–H and O–H groups in total. The summed E-state index contributed by atoms with van der Waals surface area (Å²) in [6, 6.07) is 5.25. The van der Waals surface area contributed by atoms with Crippen molar-refractivity contribution in [3.8, 4) is 0 Å². The van der Waals surface area contributed by atoms with E-state index in [1.807, 2.05) is 31.0 Å². The maximum Gasteiger partial charge on any atom is 0.274 e. The van der Waals surface area contributed by atoms with E-state index >= 15 is 0 Å². The third kappa shape index (κ3) is 3.10. The number of amides is 1. The third-order valence-electron chi connectivity index (χ3n) is 5.24. The Labute approximate surface area is 146 Å². The maximum atomic E-state index is 12.8. The van der Waals surface area contributed by atoms with Gasteiger partial charge in [0.15, 0.2) is 5.69 Å². The second-order valence-corrected chi connectivity index (χ2v) is 7.14. The molecule has 2 aromatic rings. The lowest BCUT2D eigenvalue weighted by atomic mass is 10.2. The van der Waals surface area contributed by atoms with Crippen LogP contribution in [0.3, 0.4) is 0 Å². The molecule has 132 valence electrons. The lowest BCUT2D eigenvalue weighted by molar-refractivity contribution is 0.0713. The quantitative estimate of drug-likeness (QED) is 0.844. The van der Waals surface area contributed by atoms with Crippen molar-refractivity contribution in [2.75, 3.05) is 6.54 Å². The highest BCUT2D eigenvalue weighted by atomic mass is 16.2. The van der Waals surface area contributed by atoms with Crippen LogP contribution in [0.2, 0.25) is 0 Å². The Kier molecular flexibility index (Phi) is 3.94. The van der Waals surface area contributed by atoms with Crippen molar-refractivity contribution in [1.29, 1.82) is 0 Å². The first-order valence-corrected chi connectivity index (χ1v) is 8.92. The van der Waals surface area contributed by atoms with Gasteiger partial charge in [-0.3, -0.25) is 14.3 Å². The number of carbonyl (C=O) groups excluding carboxylic acids is 1. The number of rotatable bonds is 4. The summed E-state index contributed by atoms with van der Waals surface area (Å²) in [7, 11) is 1.83. The van der Waals surface area contributed by atoms with Gasteiger partial charge in [0.2, 0.25) is 0 Å². The van der Waals surface area contributed by atoms with Gasteiger partial charge < -0.3 is 4.90 Å². The summed E-state index contributed by atoms with van der Waals surface area (Å²) in [5, 5.41) is 8.83. The van der Waals surface area contributed by atoms with Gasteiger partial charge in [-0.15, -0.1) is 0 Å². The number of hydrogen-bond acceptors (Lipinski definition) is 4. The van der Waals surface area contributed by atoms with Gasteiger partial charge in [-0.1, -0.05) is 0 Å². The van der Waals surface area contributed by atoms with Crippen LogP contribution in [0, 0.1) is 6.92 Å². The normalized spacial score (nSPS) is 20.2. The second-order valence-electron chi connectivity index (χ2n) is 7.14. The summed E-state index contributed by atoms with van der Waals surface area (Å²) < 4.78 is 3.25. The molecular weight excluding hydrogens is 318 g/mol. The fraction of sp³-hybridized carbons (Fsp3) is 0.556. The average Bonchev–Trinajstić information content (AvgIpc) is 3.25. The highest BCUT2D eigenvalue weighted by Gasteiger charge is 2.32. The zero-order valence-corrected chi connectivity index (χ0v) is 14.7. The molecule has 1 saturated heterocycles. The van der Waals surface area contributed by atoms with E-state index in [4.69, 9.17) is 0 Å². The van der Waals surface area contributed by atoms with Crippen LogP contribution in [-0.2, 0) is 13.6 Å². The van der Waals surface area contributed by atoms with Gasteiger partial charge in [0, 0.05) is 31.3 Å². The number of likely N-dealkylation sites (tertiary alicyclic amines) is 1. The standard InChI is InChI=1S/C18H23N5O2/c1-12-10-16(19-21(12)2)18(25)22-9-3-4-14(22)11-23-17(24)8-7-15(20-23)13-5-6-13/h7-8,10,13-14H,3-6,9,11H2,1-2H3. The fourth-order valence-corrected chi connectivity index (χ4v) is 3.50. The highest BCUT2D eigenvalue weighted by molar-refractivity contribution is 5.92. The Bertz CT molecular complexity index is 845. The topological polar surface area (TPSA) is 73.0 Å². The van der Waals surface area contributed by atoms with Crippen LogP contribution in [0.15, 0.2) is 23.0 Å². The number of hydrogen-bond donors (Lipinski definition) is 0. The summed E-state index contributed by atoms with van der Waals surface area (Å²) in [5.74, 6) is 0.447. The SMILES string of the molecule is Cc1cc(C(=O)N2CCCC2Cn2nc(C3CC3)ccc2=O)nn1C. The van der Waals surface area contributed by atoms with E-state index in [0.717, 1.165) is 37.1 Å². The minimum absolute atomic E-state index is 0.00512. The molecule has 2 aliphatic rings. The van der Waals surface area contributed by atoms with Crippen molar-refractivity contribution in [3.63, 3.8) is 0 Å². The van der Waals surface area contributed by atoms with Gasteiger partial charge in [0.25, 0.3) is 11.5 Å². The average molecular weight is 341 g/mol. The molecule has 1 aliphatic heterocycles. The van der Waals surface area contributed by atoms with Crippen molar-refractivity contribution in [1.82, 2.24) is 24.5 Å². The van der Waals surface area contributed by atoms with Crippen LogP contribution < -0.4 is 5.56 Å². The van der Waals surface area contributed by atoms with E-state index in [0.29, 0.717) is 24.7 Å². The van der Waals surface area contributed by atoms with E-state index in [9.17, 15) is 9.59 Å². The number of nitrogens with zero attached hydrogens (tertiary/aromatic N) is 5. The van der Waals surface area contributed by atoms with Crippen molar-refractivity contribution >= 4 is 5.91 Å². The zero-order chi connectivity index (χ0) is 17.6. The molecule has 1 saturated carbocycles. The Hall–Kier alpha value is -2.44. The van der Waals surface area contributed by atoms with E-state index in [2.05, 4.69) is 10.2 Å². The third-order valence-corrected chi connectivity index (χ3v) is 5.24. The van der Waals surface area contributed by atoms with Gasteiger partial charge in [0.05, 0.1) is 18.3 Å². The minimum Gasteiger partial charge on any atom is -0.332 e. The zero-order valence-electron chi connectivity index (χ0n) is 14.7. The number of carbonyl (C=O) groups is 1. The second kappa shape index (κ2) is 6.13. The first-order chi connectivity index (χ1) is 12.0. The lowest BCUT2D eigenvalue weighted by Gasteiger charge is -2.24. The summed E-state index contributed by atoms with van der Waals surface area (Å²) in [4.78, 5) is 26.9. The summed E-state index contributed by atoms with van der Waals surface area (Å²) in [5.41, 5.74) is 2.32. The van der Waals surface area contributed by atoms with E-state index in [-0.39, 0.29) is 17.5 Å². The number of aryl methyl sites for hydroxylation is 2. The van der Waals surface area contributed by atoms with Crippen molar-refractivity contribution < 1.29 is 4.79 Å². The summed E-state index contributed by atoms with van der Waals surface area (Å²) in [6.07, 6.45) is 4.13. The Morgan fingerprint density at radius 3 is 2.72 bits per heavy atom. The molecular formula is C18H23N5O2. The summed E-state index contributed by atoms with van der Waals surface area (Å²) >= 11 is 0. The fourth-order valence-electron chi connectivity index (χ4n) is 3.50. The van der Waals surface area contributed by atoms with Crippen LogP contribution in [0.1, 0.15) is 53.5 Å². The lowest BCUT2D eigenvalue weighted by Crippen LogP contribution is -2.40. The molecule has 25 heavy (non-hydrogen) atoms. The number of aromatic nitrogens is 4. The molecule has 3 heterocycles. The summed E-state index contributed by atoms with van der Waals surface area (Å²) in [6.45, 7) is 3.09. The van der Waals surface area contributed by atoms with Gasteiger partial charge in [-0.25, -0.2) is 4.68 Å². The van der Waals surface area contributed by atoms with Crippen molar-refractivity contribution in [3.05, 3.63) is 45.6 Å². The minimum atomic E-state index is -0.0996. The molecule has 0 radical (unpaired) electrons. The van der Waals surface area contributed by atoms with Crippen LogP contribution in [0.25, 0.3) is 0 Å². The molecule has 4 rings (SSSR count). The van der Waals surface area contributed by atoms with Gasteiger partial charge in [0.1, 0.15) is 0 Å². The molecule has 7 heteroatoms. The molecule has 1 aliphatic carbocycles. The van der Waals surface area contributed by atoms with Crippen molar-refractivity contribution in [2.45, 2.75) is 51.1 Å². The molecule has 1 atom stereocenters. The van der Waals surface area contributed by atoms with E-state index in [1.54, 1.807) is 10.7 Å². The van der Waals surface area contributed by atoms with Gasteiger partial charge in [-0.2, -0.15) is 10.2 Å². The first-order valence-electron chi connectivity index (χ1n) is 8.92. The first kappa shape index (κ1) is 16.1. The molecule has 1 amide bonds. The van der Waals surface area contributed by atoms with Crippen LogP contribution >= 0.6 is 0 Å². The monoisotopic (exact) mass is 341 g/mol. The van der Waals surface area contributed by atoms with Crippen LogP contribution in [0.4, 0.5) is 0 Å². The largest absolute Gasteiger partial charge is 0.332 e. The van der Waals surface area contributed by atoms with E-state index < -0.39 is 0 Å². The van der Waals surface area contributed by atoms with Crippen molar-refractivity contribution in [2.24, 2.45) is 7.05 Å². The van der Waals surface area contributed by atoms with Crippen LogP contribution in [-0.4, -0.2) is 43.0 Å². The molecule has 7 nitrogen and oxygen atoms in total. The maximum absolute atomic E-state index is 12.8. The molecule has 0 bridgehead atoms. The van der Waals surface area contributed by atoms with Gasteiger partial charge >= 0.3 is 0 Å². The Morgan fingerprint density at radius 1 is 1.24 bits per heavy atom. The molecule has 2 fully saturated rings. The molecule has 0 spiro atoms. The Morgan fingerprint density at radius 2 is 2.04 bits per heavy atom. The van der Waals surface area contributed by atoms with E-state index in [1.165, 1.54) is 4.68 Å². The Balaban J connectivity index is 1.54. The molecule has 0 aromatic carbocycles.